The standard InChI is InChI=1S/C22H18ClN3O5S/c23-17-5-4-6-18(12-17)26(32(28,29)19-7-2-1-3-8-19)14-22(27)25-24-13-16-9-10-20-21(11-16)31-15-30-20/h1-13H,14-15H2,(H,25,27)/b24-13-. The second-order valence-electron chi connectivity index (χ2n) is 6.71. The predicted octanol–water partition coefficient (Wildman–Crippen LogP) is 3.41. The molecular formula is C22H18ClN3O5S. The van der Waals surface area contributed by atoms with Crippen LogP contribution >= 0.6 is 11.6 Å². The maximum Gasteiger partial charge on any atom is 0.264 e. The number of hydrogen-bond acceptors (Lipinski definition) is 6. The van der Waals surface area contributed by atoms with E-state index in [2.05, 4.69) is 10.5 Å². The zero-order valence-electron chi connectivity index (χ0n) is 16.6. The van der Waals surface area contributed by atoms with E-state index >= 15 is 0 Å². The Morgan fingerprint density at radius 1 is 1.03 bits per heavy atom. The van der Waals surface area contributed by atoms with Crippen LogP contribution in [0.25, 0.3) is 0 Å². The Bertz CT molecular complexity index is 1270. The van der Waals surface area contributed by atoms with Gasteiger partial charge in [-0.3, -0.25) is 9.10 Å². The van der Waals surface area contributed by atoms with Crippen LogP contribution in [0.5, 0.6) is 11.5 Å². The topological polar surface area (TPSA) is 97.3 Å². The first-order chi connectivity index (χ1) is 15.4. The van der Waals surface area contributed by atoms with Gasteiger partial charge in [0.1, 0.15) is 6.54 Å². The minimum atomic E-state index is -4.02. The molecule has 0 bridgehead atoms. The molecule has 0 unspecified atom stereocenters. The molecule has 3 aromatic carbocycles. The molecule has 1 amide bonds. The Balaban J connectivity index is 1.52. The minimum Gasteiger partial charge on any atom is -0.454 e. The lowest BCUT2D eigenvalue weighted by Crippen LogP contribution is -2.39. The third-order valence-corrected chi connectivity index (χ3v) is 6.54. The van der Waals surface area contributed by atoms with Crippen molar-refractivity contribution >= 4 is 39.4 Å². The SMILES string of the molecule is O=C(CN(c1cccc(Cl)c1)S(=O)(=O)c1ccccc1)N/N=C\c1ccc2c(c1)OCO2. The largest absolute Gasteiger partial charge is 0.454 e. The molecule has 0 radical (unpaired) electrons. The van der Waals surface area contributed by atoms with Crippen LogP contribution in [0.3, 0.4) is 0 Å². The summed E-state index contributed by atoms with van der Waals surface area (Å²) in [4.78, 5) is 12.6. The normalized spacial score (nSPS) is 12.7. The molecule has 3 aromatic rings. The Morgan fingerprint density at radius 3 is 2.59 bits per heavy atom. The van der Waals surface area contributed by atoms with Gasteiger partial charge >= 0.3 is 0 Å². The maximum absolute atomic E-state index is 13.2. The first-order valence-corrected chi connectivity index (χ1v) is 11.3. The van der Waals surface area contributed by atoms with Crippen molar-refractivity contribution < 1.29 is 22.7 Å². The highest BCUT2D eigenvalue weighted by atomic mass is 35.5. The number of nitrogens with one attached hydrogen (secondary N) is 1. The highest BCUT2D eigenvalue weighted by Gasteiger charge is 2.27. The van der Waals surface area contributed by atoms with Gasteiger partial charge in [0.15, 0.2) is 11.5 Å². The molecule has 164 valence electrons. The van der Waals surface area contributed by atoms with Gasteiger partial charge in [0, 0.05) is 5.02 Å². The first-order valence-electron chi connectivity index (χ1n) is 9.48. The van der Waals surface area contributed by atoms with E-state index in [4.69, 9.17) is 21.1 Å². The summed E-state index contributed by atoms with van der Waals surface area (Å²) in [6.45, 7) is -0.335. The van der Waals surface area contributed by atoms with E-state index in [-0.39, 0.29) is 17.4 Å². The number of halogens is 1. The van der Waals surface area contributed by atoms with Gasteiger partial charge in [0.25, 0.3) is 15.9 Å². The number of hydrogen-bond donors (Lipinski definition) is 1. The monoisotopic (exact) mass is 471 g/mol. The van der Waals surface area contributed by atoms with Crippen LogP contribution in [0, 0.1) is 0 Å². The summed E-state index contributed by atoms with van der Waals surface area (Å²) in [7, 11) is -4.02. The number of fused-ring (bicyclic) bond motifs is 1. The molecule has 32 heavy (non-hydrogen) atoms. The van der Waals surface area contributed by atoms with Gasteiger partial charge in [-0.05, 0) is 54.1 Å². The van der Waals surface area contributed by atoms with Crippen LogP contribution in [0.2, 0.25) is 5.02 Å². The molecule has 4 rings (SSSR count). The van der Waals surface area contributed by atoms with E-state index in [0.29, 0.717) is 22.1 Å². The summed E-state index contributed by atoms with van der Waals surface area (Å²) >= 11 is 6.05. The zero-order valence-corrected chi connectivity index (χ0v) is 18.2. The number of rotatable bonds is 7. The molecule has 1 aliphatic heterocycles. The van der Waals surface area contributed by atoms with Crippen molar-refractivity contribution in [3.63, 3.8) is 0 Å². The van der Waals surface area contributed by atoms with E-state index in [1.807, 2.05) is 0 Å². The Morgan fingerprint density at radius 2 is 1.81 bits per heavy atom. The number of sulfonamides is 1. The lowest BCUT2D eigenvalue weighted by molar-refractivity contribution is -0.119. The number of ether oxygens (including phenoxy) is 2. The van der Waals surface area contributed by atoms with Crippen molar-refractivity contribution in [1.29, 1.82) is 0 Å². The molecule has 1 aliphatic rings. The summed E-state index contributed by atoms with van der Waals surface area (Å²) in [5.74, 6) is 0.595. The molecule has 0 fully saturated rings. The summed E-state index contributed by atoms with van der Waals surface area (Å²) in [6, 6.07) is 19.3. The van der Waals surface area contributed by atoms with Crippen LogP contribution in [0.1, 0.15) is 5.56 Å². The second kappa shape index (κ2) is 9.29. The molecule has 0 atom stereocenters. The lowest BCUT2D eigenvalue weighted by Gasteiger charge is -2.23. The van der Waals surface area contributed by atoms with E-state index in [0.717, 1.165) is 4.31 Å². The third-order valence-electron chi connectivity index (χ3n) is 4.51. The fraction of sp³-hybridized carbons (Fsp3) is 0.0909. The van der Waals surface area contributed by atoms with Crippen molar-refractivity contribution in [1.82, 2.24) is 5.43 Å². The maximum atomic E-state index is 13.2. The average Bonchev–Trinajstić information content (AvgIpc) is 3.26. The van der Waals surface area contributed by atoms with E-state index in [1.54, 1.807) is 54.6 Å². The van der Waals surface area contributed by atoms with Crippen molar-refractivity contribution in [3.05, 3.63) is 83.4 Å². The number of benzene rings is 3. The molecule has 10 heteroatoms. The molecule has 0 saturated heterocycles. The molecule has 0 aliphatic carbocycles. The first kappa shape index (κ1) is 21.7. The van der Waals surface area contributed by atoms with Crippen LogP contribution in [-0.4, -0.2) is 33.9 Å². The van der Waals surface area contributed by atoms with Crippen molar-refractivity contribution in [2.75, 3.05) is 17.6 Å². The number of nitrogens with zero attached hydrogens (tertiary/aromatic N) is 2. The smallest absolute Gasteiger partial charge is 0.264 e. The number of amides is 1. The van der Waals surface area contributed by atoms with E-state index in [1.165, 1.54) is 24.4 Å². The average molecular weight is 472 g/mol. The highest BCUT2D eigenvalue weighted by molar-refractivity contribution is 7.92. The molecule has 0 saturated carbocycles. The van der Waals surface area contributed by atoms with Crippen molar-refractivity contribution in [3.8, 4) is 11.5 Å². The Hall–Kier alpha value is -3.56. The Kier molecular flexibility index (Phi) is 6.29. The van der Waals surface area contributed by atoms with E-state index in [9.17, 15) is 13.2 Å². The second-order valence-corrected chi connectivity index (χ2v) is 9.01. The van der Waals surface area contributed by atoms with Gasteiger partial charge in [-0.15, -0.1) is 0 Å². The van der Waals surface area contributed by atoms with Gasteiger partial charge in [-0.25, -0.2) is 13.8 Å². The zero-order chi connectivity index (χ0) is 22.6. The van der Waals surface area contributed by atoms with E-state index < -0.39 is 22.5 Å². The molecule has 8 nitrogen and oxygen atoms in total. The van der Waals surface area contributed by atoms with Gasteiger partial charge in [0.05, 0.1) is 16.8 Å². The highest BCUT2D eigenvalue weighted by Crippen LogP contribution is 2.32. The van der Waals surface area contributed by atoms with Crippen molar-refractivity contribution in [2.45, 2.75) is 4.90 Å². The number of carbonyl (C=O) groups excluding carboxylic acids is 1. The summed E-state index contributed by atoms with van der Waals surface area (Å²) in [5, 5.41) is 4.26. The number of anilines is 1. The van der Waals surface area contributed by atoms with Gasteiger partial charge < -0.3 is 9.47 Å². The quantitative estimate of drug-likeness (QED) is 0.420. The molecule has 1 heterocycles. The van der Waals surface area contributed by atoms with Crippen LogP contribution in [0.4, 0.5) is 5.69 Å². The molecule has 0 spiro atoms. The Labute approximate surface area is 190 Å². The number of hydrazone groups is 1. The summed E-state index contributed by atoms with van der Waals surface area (Å²) < 4.78 is 38.0. The summed E-state index contributed by atoms with van der Waals surface area (Å²) in [6.07, 6.45) is 1.43. The summed E-state index contributed by atoms with van der Waals surface area (Å²) in [5.41, 5.74) is 3.30. The van der Waals surface area contributed by atoms with Gasteiger partial charge in [-0.2, -0.15) is 5.10 Å². The molecular weight excluding hydrogens is 454 g/mol. The van der Waals surface area contributed by atoms with Gasteiger partial charge in [0.2, 0.25) is 6.79 Å². The lowest BCUT2D eigenvalue weighted by atomic mass is 10.2. The fourth-order valence-electron chi connectivity index (χ4n) is 3.00. The minimum absolute atomic E-state index is 0.0524. The fourth-order valence-corrected chi connectivity index (χ4v) is 4.62. The molecule has 1 N–H and O–H groups in total. The predicted molar refractivity (Wildman–Crippen MR) is 121 cm³/mol. The number of carbonyl (C=O) groups is 1. The van der Waals surface area contributed by atoms with Crippen LogP contribution in [0.15, 0.2) is 82.8 Å². The third kappa shape index (κ3) is 4.84. The van der Waals surface area contributed by atoms with Gasteiger partial charge in [-0.1, -0.05) is 35.9 Å². The van der Waals surface area contributed by atoms with Crippen molar-refractivity contribution in [2.24, 2.45) is 5.10 Å². The van der Waals surface area contributed by atoms with Crippen LogP contribution < -0.4 is 19.2 Å². The molecule has 0 aromatic heterocycles. The van der Waals surface area contributed by atoms with Crippen LogP contribution in [-0.2, 0) is 14.8 Å².